The maximum absolute atomic E-state index is 13.0. The summed E-state index contributed by atoms with van der Waals surface area (Å²) >= 11 is 0. The van der Waals surface area contributed by atoms with Crippen molar-refractivity contribution in [1.82, 2.24) is 14.8 Å². The second kappa shape index (κ2) is 7.28. The maximum Gasteiger partial charge on any atom is 0.374 e. The minimum atomic E-state index is -0.604. The van der Waals surface area contributed by atoms with E-state index in [0.717, 1.165) is 0 Å². The number of carbonyl (C=O) groups excluding carboxylic acids is 1. The number of ether oxygens (including phenoxy) is 1. The standard InChI is InChI=1S/C19H14FN3O4/c20-14-4-2-13(3-5-14)18-22-15(11-25-18)12-26-19(24)17-7-6-16(27-17)10-23-9-1-8-21-23/h1-9,11H,10,12H2. The summed E-state index contributed by atoms with van der Waals surface area (Å²) in [6.45, 7) is 0.351. The Hall–Kier alpha value is -3.68. The van der Waals surface area contributed by atoms with Crippen molar-refractivity contribution < 1.29 is 22.8 Å². The molecule has 3 aromatic heterocycles. The Morgan fingerprint density at radius 3 is 2.81 bits per heavy atom. The highest BCUT2D eigenvalue weighted by molar-refractivity contribution is 5.86. The van der Waals surface area contributed by atoms with E-state index in [0.29, 0.717) is 29.5 Å². The van der Waals surface area contributed by atoms with Crippen LogP contribution in [0.4, 0.5) is 4.39 Å². The van der Waals surface area contributed by atoms with Gasteiger partial charge in [0, 0.05) is 18.0 Å². The third kappa shape index (κ3) is 3.95. The van der Waals surface area contributed by atoms with E-state index in [1.165, 1.54) is 18.4 Å². The molecule has 0 amide bonds. The summed E-state index contributed by atoms with van der Waals surface area (Å²) < 4.78 is 30.6. The Balaban J connectivity index is 1.35. The van der Waals surface area contributed by atoms with Crippen molar-refractivity contribution in [3.63, 3.8) is 0 Å². The molecule has 0 unspecified atom stereocenters. The molecule has 8 heteroatoms. The summed E-state index contributed by atoms with van der Waals surface area (Å²) in [5.41, 5.74) is 1.06. The van der Waals surface area contributed by atoms with E-state index in [4.69, 9.17) is 13.6 Å². The maximum atomic E-state index is 13.0. The minimum absolute atomic E-state index is 0.0707. The monoisotopic (exact) mass is 367 g/mol. The van der Waals surface area contributed by atoms with Gasteiger partial charge in [-0.15, -0.1) is 0 Å². The first kappa shape index (κ1) is 16.8. The number of oxazole rings is 1. The molecule has 0 fully saturated rings. The van der Waals surface area contributed by atoms with Crippen LogP contribution in [0.15, 0.2) is 70.0 Å². The lowest BCUT2D eigenvalue weighted by molar-refractivity contribution is 0.0429. The van der Waals surface area contributed by atoms with Crippen LogP contribution in [0.2, 0.25) is 0 Å². The molecule has 4 aromatic rings. The van der Waals surface area contributed by atoms with Crippen molar-refractivity contribution in [2.24, 2.45) is 0 Å². The van der Waals surface area contributed by atoms with Gasteiger partial charge in [-0.05, 0) is 42.5 Å². The fourth-order valence-corrected chi connectivity index (χ4v) is 2.44. The molecule has 0 saturated heterocycles. The third-order valence-corrected chi connectivity index (χ3v) is 3.73. The molecule has 0 aliphatic rings. The minimum Gasteiger partial charge on any atom is -0.453 e. The van der Waals surface area contributed by atoms with Crippen molar-refractivity contribution in [3.05, 3.63) is 84.2 Å². The third-order valence-electron chi connectivity index (χ3n) is 3.73. The topological polar surface area (TPSA) is 83.3 Å². The van der Waals surface area contributed by atoms with Crippen molar-refractivity contribution >= 4 is 5.97 Å². The summed E-state index contributed by atoms with van der Waals surface area (Å²) in [6, 6.07) is 10.8. The molecule has 3 heterocycles. The van der Waals surface area contributed by atoms with Crippen LogP contribution in [0.25, 0.3) is 11.5 Å². The van der Waals surface area contributed by atoms with Crippen LogP contribution in [0.5, 0.6) is 0 Å². The number of hydrogen-bond acceptors (Lipinski definition) is 6. The number of esters is 1. The zero-order chi connectivity index (χ0) is 18.6. The summed E-state index contributed by atoms with van der Waals surface area (Å²) in [6.07, 6.45) is 4.84. The molecule has 0 saturated carbocycles. The molecule has 0 aliphatic carbocycles. The molecular weight excluding hydrogens is 353 g/mol. The average molecular weight is 367 g/mol. The number of nitrogens with zero attached hydrogens (tertiary/aromatic N) is 3. The zero-order valence-corrected chi connectivity index (χ0v) is 14.0. The fourth-order valence-electron chi connectivity index (χ4n) is 2.44. The van der Waals surface area contributed by atoms with Crippen LogP contribution >= 0.6 is 0 Å². The fraction of sp³-hybridized carbons (Fsp3) is 0.105. The van der Waals surface area contributed by atoms with Gasteiger partial charge in [-0.1, -0.05) is 0 Å². The van der Waals surface area contributed by atoms with Crippen LogP contribution in [0, 0.1) is 5.82 Å². The predicted molar refractivity (Wildman–Crippen MR) is 91.1 cm³/mol. The Bertz CT molecular complexity index is 1040. The van der Waals surface area contributed by atoms with E-state index >= 15 is 0 Å². The lowest BCUT2D eigenvalue weighted by atomic mass is 10.2. The summed E-state index contributed by atoms with van der Waals surface area (Å²) in [7, 11) is 0. The van der Waals surface area contributed by atoms with Crippen LogP contribution in [-0.4, -0.2) is 20.7 Å². The summed E-state index contributed by atoms with van der Waals surface area (Å²) in [5.74, 6) is 0.0588. The number of benzene rings is 1. The smallest absolute Gasteiger partial charge is 0.374 e. The molecule has 0 bridgehead atoms. The van der Waals surface area contributed by atoms with E-state index in [1.54, 1.807) is 47.4 Å². The van der Waals surface area contributed by atoms with E-state index in [2.05, 4.69) is 10.1 Å². The van der Waals surface area contributed by atoms with Gasteiger partial charge in [0.05, 0.1) is 6.54 Å². The molecule has 0 spiro atoms. The van der Waals surface area contributed by atoms with Crippen molar-refractivity contribution in [2.75, 3.05) is 0 Å². The second-order valence-electron chi connectivity index (χ2n) is 5.70. The van der Waals surface area contributed by atoms with E-state index in [1.807, 2.05) is 0 Å². The van der Waals surface area contributed by atoms with E-state index in [-0.39, 0.29) is 18.2 Å². The van der Waals surface area contributed by atoms with Gasteiger partial charge in [0.15, 0.2) is 0 Å². The van der Waals surface area contributed by atoms with Gasteiger partial charge >= 0.3 is 5.97 Å². The number of halogens is 1. The first-order valence-corrected chi connectivity index (χ1v) is 8.11. The van der Waals surface area contributed by atoms with Crippen molar-refractivity contribution in [2.45, 2.75) is 13.2 Å². The zero-order valence-electron chi connectivity index (χ0n) is 14.0. The number of rotatable bonds is 6. The normalized spacial score (nSPS) is 10.9. The first-order valence-electron chi connectivity index (χ1n) is 8.11. The Labute approximate surface area is 153 Å². The van der Waals surface area contributed by atoms with Gasteiger partial charge < -0.3 is 13.6 Å². The molecule has 1 aromatic carbocycles. The molecule has 0 atom stereocenters. The highest BCUT2D eigenvalue weighted by Gasteiger charge is 2.15. The summed E-state index contributed by atoms with van der Waals surface area (Å²) in [4.78, 5) is 16.3. The lowest BCUT2D eigenvalue weighted by Crippen LogP contribution is -2.04. The second-order valence-corrected chi connectivity index (χ2v) is 5.70. The molecule has 136 valence electrons. The summed E-state index contributed by atoms with van der Waals surface area (Å²) in [5, 5.41) is 4.07. The quantitative estimate of drug-likeness (QED) is 0.484. The van der Waals surface area contributed by atoms with Gasteiger partial charge in [0.1, 0.15) is 30.1 Å². The molecule has 7 nitrogen and oxygen atoms in total. The first-order chi connectivity index (χ1) is 13.2. The van der Waals surface area contributed by atoms with Crippen molar-refractivity contribution in [1.29, 1.82) is 0 Å². The largest absolute Gasteiger partial charge is 0.453 e. The van der Waals surface area contributed by atoms with Gasteiger partial charge in [-0.25, -0.2) is 14.2 Å². The van der Waals surface area contributed by atoms with E-state index < -0.39 is 5.97 Å². The Morgan fingerprint density at radius 2 is 2.04 bits per heavy atom. The average Bonchev–Trinajstić information content (AvgIpc) is 3.43. The molecule has 0 N–H and O–H groups in total. The molecular formula is C19H14FN3O4. The Kier molecular flexibility index (Phi) is 4.52. The SMILES string of the molecule is O=C(OCc1coc(-c2ccc(F)cc2)n1)c1ccc(Cn2cccn2)o1. The number of furan rings is 1. The molecule has 4 rings (SSSR count). The van der Waals surface area contributed by atoms with Gasteiger partial charge in [-0.2, -0.15) is 5.10 Å². The van der Waals surface area contributed by atoms with E-state index in [9.17, 15) is 9.18 Å². The van der Waals surface area contributed by atoms with Crippen LogP contribution in [0.3, 0.4) is 0 Å². The Morgan fingerprint density at radius 1 is 1.19 bits per heavy atom. The van der Waals surface area contributed by atoms with Gasteiger partial charge in [0.2, 0.25) is 11.7 Å². The van der Waals surface area contributed by atoms with Crippen LogP contribution in [-0.2, 0) is 17.9 Å². The number of carbonyl (C=O) groups is 1. The molecule has 0 aliphatic heterocycles. The van der Waals surface area contributed by atoms with Crippen LogP contribution < -0.4 is 0 Å². The predicted octanol–water partition coefficient (Wildman–Crippen LogP) is 3.68. The number of aromatic nitrogens is 3. The molecule has 27 heavy (non-hydrogen) atoms. The van der Waals surface area contributed by atoms with Crippen LogP contribution in [0.1, 0.15) is 22.0 Å². The molecule has 0 radical (unpaired) electrons. The lowest BCUT2D eigenvalue weighted by Gasteiger charge is -2.00. The number of hydrogen-bond donors (Lipinski definition) is 0. The highest BCUT2D eigenvalue weighted by atomic mass is 19.1. The highest BCUT2D eigenvalue weighted by Crippen LogP contribution is 2.19. The van der Waals surface area contributed by atoms with Gasteiger partial charge in [0.25, 0.3) is 0 Å². The van der Waals surface area contributed by atoms with Gasteiger partial charge in [-0.3, -0.25) is 4.68 Å². The van der Waals surface area contributed by atoms with Crippen molar-refractivity contribution in [3.8, 4) is 11.5 Å².